The molecule has 3 N–H and O–H groups in total. The van der Waals surface area contributed by atoms with Crippen LogP contribution in [0.4, 0.5) is 10.1 Å². The number of aldehydes is 1. The molecular weight excluding hydrogens is 585 g/mol. The molecule has 8 nitrogen and oxygen atoms in total. The molecule has 1 saturated heterocycles. The molecular formula is C37H60FN3O5. The zero-order valence-electron chi connectivity index (χ0n) is 28.8. The van der Waals surface area contributed by atoms with Crippen molar-refractivity contribution in [2.75, 3.05) is 32.2 Å². The molecule has 0 radical (unpaired) electrons. The maximum atomic E-state index is 11.9. The number of halogens is 1. The summed E-state index contributed by atoms with van der Waals surface area (Å²) in [6.07, 6.45) is 18.0. The molecule has 0 bridgehead atoms. The van der Waals surface area contributed by atoms with E-state index in [4.69, 9.17) is 14.9 Å². The number of hydrogen-bond acceptors (Lipinski definition) is 7. The molecule has 1 saturated carbocycles. The predicted molar refractivity (Wildman–Crippen MR) is 185 cm³/mol. The number of esters is 1. The van der Waals surface area contributed by atoms with Gasteiger partial charge in [0.05, 0.1) is 6.61 Å². The zero-order valence-corrected chi connectivity index (χ0v) is 28.8. The van der Waals surface area contributed by atoms with Crippen LogP contribution in [0, 0.1) is 17.8 Å². The van der Waals surface area contributed by atoms with Crippen molar-refractivity contribution < 1.29 is 27.9 Å². The van der Waals surface area contributed by atoms with Crippen LogP contribution in [0.15, 0.2) is 28.7 Å². The predicted octanol–water partition coefficient (Wildman–Crippen LogP) is 8.32. The number of likely N-dealkylation sites (tertiary alicyclic amines) is 1. The molecule has 9 heteroatoms. The van der Waals surface area contributed by atoms with E-state index in [2.05, 4.69) is 31.1 Å². The van der Waals surface area contributed by atoms with Gasteiger partial charge in [-0.1, -0.05) is 71.6 Å². The molecule has 1 aliphatic carbocycles. The maximum absolute atomic E-state index is 11.9. The Bertz CT molecular complexity index is 1140. The summed E-state index contributed by atoms with van der Waals surface area (Å²) in [7, 11) is 2.29. The van der Waals surface area contributed by atoms with Crippen molar-refractivity contribution in [1.29, 1.82) is 0 Å². The quantitative estimate of drug-likeness (QED) is 0.107. The van der Waals surface area contributed by atoms with E-state index in [0.717, 1.165) is 74.5 Å². The Labute approximate surface area is 276 Å². The monoisotopic (exact) mass is 645 g/mol. The maximum Gasteiger partial charge on any atom is 0.374 e. The van der Waals surface area contributed by atoms with Gasteiger partial charge in [-0.15, -0.1) is 0 Å². The Morgan fingerprint density at radius 2 is 1.85 bits per heavy atom. The number of fused-ring (bicyclic) bond motifs is 1. The van der Waals surface area contributed by atoms with E-state index < -0.39 is 12.6 Å². The second kappa shape index (κ2) is 22.7. The average molecular weight is 646 g/mol. The summed E-state index contributed by atoms with van der Waals surface area (Å²) in [5.41, 5.74) is 6.62. The zero-order chi connectivity index (χ0) is 33.7. The lowest BCUT2D eigenvalue weighted by atomic mass is 9.77. The van der Waals surface area contributed by atoms with Crippen LogP contribution in [-0.4, -0.2) is 62.5 Å². The van der Waals surface area contributed by atoms with Gasteiger partial charge in [0.15, 0.2) is 0 Å². The first kappa shape index (κ1) is 39.4. The van der Waals surface area contributed by atoms with Gasteiger partial charge in [-0.2, -0.15) is 0 Å². The Kier molecular flexibility index (Phi) is 19.4. The van der Waals surface area contributed by atoms with Crippen molar-refractivity contribution in [3.05, 3.63) is 30.0 Å². The van der Waals surface area contributed by atoms with Gasteiger partial charge in [0.2, 0.25) is 12.2 Å². The molecule has 46 heavy (non-hydrogen) atoms. The number of ether oxygens (including phenoxy) is 1. The van der Waals surface area contributed by atoms with Crippen LogP contribution in [-0.2, 0) is 14.3 Å². The van der Waals surface area contributed by atoms with Crippen molar-refractivity contribution in [2.45, 2.75) is 123 Å². The number of furan rings is 1. The van der Waals surface area contributed by atoms with Crippen molar-refractivity contribution >= 4 is 35.3 Å². The number of hydrogen-bond donors (Lipinski definition) is 2. The average Bonchev–Trinajstić information content (AvgIpc) is 3.66. The van der Waals surface area contributed by atoms with Crippen LogP contribution in [0.2, 0.25) is 0 Å². The van der Waals surface area contributed by atoms with Crippen LogP contribution >= 0.6 is 0 Å². The van der Waals surface area contributed by atoms with Crippen molar-refractivity contribution in [3.8, 4) is 0 Å². The molecule has 2 fully saturated rings. The third kappa shape index (κ3) is 13.9. The number of amides is 1. The molecule has 0 spiro atoms. The summed E-state index contributed by atoms with van der Waals surface area (Å²) < 4.78 is 22.5. The smallest absolute Gasteiger partial charge is 0.374 e. The summed E-state index contributed by atoms with van der Waals surface area (Å²) in [5, 5.41) is 3.30. The highest BCUT2D eigenvalue weighted by molar-refractivity contribution is 5.94. The second-order valence-corrected chi connectivity index (χ2v) is 13.0. The lowest BCUT2D eigenvalue weighted by Crippen LogP contribution is -2.30. The third-order valence-electron chi connectivity index (χ3n) is 9.62. The minimum atomic E-state index is -0.460. The lowest BCUT2D eigenvalue weighted by Gasteiger charge is -2.31. The van der Waals surface area contributed by atoms with Gasteiger partial charge in [0.1, 0.15) is 18.5 Å². The Morgan fingerprint density at radius 1 is 1.09 bits per heavy atom. The number of nitrogens with two attached hydrogens (primary N) is 1. The number of carbonyl (C=O) groups excluding carboxylic acids is 3. The van der Waals surface area contributed by atoms with Crippen LogP contribution in [0.25, 0.3) is 11.0 Å². The van der Waals surface area contributed by atoms with Crippen LogP contribution < -0.4 is 11.1 Å². The molecule has 2 aromatic rings. The first-order valence-electron chi connectivity index (χ1n) is 17.7. The fourth-order valence-corrected chi connectivity index (χ4v) is 6.47. The Balaban J connectivity index is 0.000000255. The number of carbonyl (C=O) groups is 3. The summed E-state index contributed by atoms with van der Waals surface area (Å²) >= 11 is 0. The van der Waals surface area contributed by atoms with Gasteiger partial charge in [-0.05, 0) is 88.7 Å². The van der Waals surface area contributed by atoms with Crippen molar-refractivity contribution in [1.82, 2.24) is 4.90 Å². The third-order valence-corrected chi connectivity index (χ3v) is 9.62. The second-order valence-electron chi connectivity index (χ2n) is 13.0. The minimum absolute atomic E-state index is 0.136. The van der Waals surface area contributed by atoms with Gasteiger partial charge < -0.3 is 29.9 Å². The van der Waals surface area contributed by atoms with Gasteiger partial charge in [-0.25, -0.2) is 9.18 Å². The topological polar surface area (TPSA) is 115 Å². The molecule has 2 heterocycles. The number of nitrogens with one attached hydrogen (secondary N) is 1. The SMILES string of the molecule is CC1C(C2CCCCC2)CCN1C.CCC(C=O)CCCC(N)CF.CCCCCCOC(=O)c1cc2cc(NC=O)ccc2o1. The molecule has 1 aromatic heterocycles. The van der Waals surface area contributed by atoms with E-state index in [9.17, 15) is 18.8 Å². The highest BCUT2D eigenvalue weighted by Gasteiger charge is 2.34. The van der Waals surface area contributed by atoms with Crippen LogP contribution in [0.5, 0.6) is 0 Å². The fourth-order valence-electron chi connectivity index (χ4n) is 6.47. The summed E-state index contributed by atoms with van der Waals surface area (Å²) in [5.74, 6) is 1.95. The fraction of sp³-hybridized carbons (Fsp3) is 0.703. The van der Waals surface area contributed by atoms with E-state index in [1.54, 1.807) is 24.3 Å². The lowest BCUT2D eigenvalue weighted by molar-refractivity contribution is -0.111. The number of unbranched alkanes of at least 4 members (excludes halogenated alkanes) is 3. The highest BCUT2D eigenvalue weighted by atomic mass is 19.1. The first-order chi connectivity index (χ1) is 22.3. The summed E-state index contributed by atoms with van der Waals surface area (Å²) in [4.78, 5) is 35.2. The standard InChI is InChI=1S/C16H19NO4.C12H23N.C9H18FNO/c1-2-3-4-5-8-20-16(19)15-10-12-9-13(17-11-18)6-7-14(12)21-15;1-10-12(8-9-13(10)2)11-6-4-3-5-7-11;1-2-8(7-12)4-3-5-9(11)6-10/h6-7,9-11H,2-5,8H2,1H3,(H,17,18);10-12H,3-9H2,1-2H3;7-9H,2-6,11H2,1H3. The van der Waals surface area contributed by atoms with Crippen LogP contribution in [0.3, 0.4) is 0 Å². The molecule has 4 unspecified atom stereocenters. The minimum Gasteiger partial charge on any atom is -0.460 e. The van der Waals surface area contributed by atoms with Gasteiger partial charge in [0.25, 0.3) is 0 Å². The number of anilines is 1. The normalized spacial score (nSPS) is 19.7. The molecule has 1 amide bonds. The molecule has 260 valence electrons. The first-order valence-corrected chi connectivity index (χ1v) is 17.7. The van der Waals surface area contributed by atoms with E-state index in [1.807, 2.05) is 6.92 Å². The van der Waals surface area contributed by atoms with E-state index in [1.165, 1.54) is 45.1 Å². The number of alkyl halides is 1. The molecule has 4 rings (SSSR count). The molecule has 1 aliphatic heterocycles. The van der Waals surface area contributed by atoms with Crippen molar-refractivity contribution in [2.24, 2.45) is 23.5 Å². The summed E-state index contributed by atoms with van der Waals surface area (Å²) in [6, 6.07) is 7.29. The van der Waals surface area contributed by atoms with Crippen LogP contribution in [0.1, 0.15) is 121 Å². The highest BCUT2D eigenvalue weighted by Crippen LogP contribution is 2.37. The molecule has 2 aliphatic rings. The van der Waals surface area contributed by atoms with E-state index in [0.29, 0.717) is 30.7 Å². The Morgan fingerprint density at radius 3 is 2.46 bits per heavy atom. The van der Waals surface area contributed by atoms with E-state index >= 15 is 0 Å². The number of rotatable bonds is 16. The van der Waals surface area contributed by atoms with Gasteiger partial charge >= 0.3 is 5.97 Å². The van der Waals surface area contributed by atoms with Gasteiger partial charge in [-0.3, -0.25) is 4.79 Å². The molecule has 1 aromatic carbocycles. The number of benzene rings is 1. The van der Waals surface area contributed by atoms with Crippen molar-refractivity contribution in [3.63, 3.8) is 0 Å². The molecule has 4 atom stereocenters. The Hall–Kier alpha value is -2.78. The number of nitrogens with zero attached hydrogens (tertiary/aromatic N) is 1. The summed E-state index contributed by atoms with van der Waals surface area (Å²) in [6.45, 7) is 7.82. The largest absolute Gasteiger partial charge is 0.460 e. The van der Waals surface area contributed by atoms with E-state index in [-0.39, 0.29) is 17.7 Å². The van der Waals surface area contributed by atoms with Gasteiger partial charge in [0, 0.05) is 29.1 Å².